The lowest BCUT2D eigenvalue weighted by Gasteiger charge is -2.35. The SMILES string of the molecule is CCOC(=O)c1ccc(N2CCN(CC=Cc3ccc4c(c3)CCC(=O)N4)CC2)cc1. The van der Waals surface area contributed by atoms with Crippen molar-refractivity contribution < 1.29 is 14.3 Å². The number of aryl methyl sites for hydroxylation is 1. The summed E-state index contributed by atoms with van der Waals surface area (Å²) < 4.78 is 5.05. The third kappa shape index (κ3) is 5.33. The molecule has 2 aliphatic heterocycles. The number of hydrogen-bond donors (Lipinski definition) is 1. The minimum Gasteiger partial charge on any atom is -0.462 e. The normalized spacial score (nSPS) is 16.8. The van der Waals surface area contributed by atoms with Crippen LogP contribution in [-0.2, 0) is 16.0 Å². The lowest BCUT2D eigenvalue weighted by Crippen LogP contribution is -2.46. The predicted octanol–water partition coefficient (Wildman–Crippen LogP) is 3.58. The molecule has 2 aliphatic rings. The molecule has 2 aromatic rings. The number of fused-ring (bicyclic) bond motifs is 1. The van der Waals surface area contributed by atoms with Crippen LogP contribution in [0.4, 0.5) is 11.4 Å². The van der Waals surface area contributed by atoms with Gasteiger partial charge in [-0.05, 0) is 60.9 Å². The van der Waals surface area contributed by atoms with Gasteiger partial charge in [-0.1, -0.05) is 18.2 Å². The Morgan fingerprint density at radius 2 is 1.84 bits per heavy atom. The van der Waals surface area contributed by atoms with Gasteiger partial charge in [-0.2, -0.15) is 0 Å². The van der Waals surface area contributed by atoms with Gasteiger partial charge in [0, 0.05) is 50.5 Å². The van der Waals surface area contributed by atoms with Gasteiger partial charge in [0.2, 0.25) is 5.91 Å². The summed E-state index contributed by atoms with van der Waals surface area (Å²) in [6.07, 6.45) is 5.76. The van der Waals surface area contributed by atoms with E-state index in [2.05, 4.69) is 39.4 Å². The number of nitrogens with one attached hydrogen (secondary N) is 1. The molecule has 4 rings (SSSR count). The molecule has 0 unspecified atom stereocenters. The van der Waals surface area contributed by atoms with Crippen LogP contribution in [0.3, 0.4) is 0 Å². The summed E-state index contributed by atoms with van der Waals surface area (Å²) in [5, 5.41) is 2.93. The van der Waals surface area contributed by atoms with E-state index < -0.39 is 0 Å². The van der Waals surface area contributed by atoms with E-state index in [1.807, 2.05) is 37.3 Å². The highest BCUT2D eigenvalue weighted by Gasteiger charge is 2.17. The topological polar surface area (TPSA) is 61.9 Å². The molecule has 6 heteroatoms. The molecule has 0 aliphatic carbocycles. The predicted molar refractivity (Wildman–Crippen MR) is 123 cm³/mol. The summed E-state index contributed by atoms with van der Waals surface area (Å²) in [5.74, 6) is -0.167. The van der Waals surface area contributed by atoms with Crippen LogP contribution in [0.1, 0.15) is 34.8 Å². The minimum absolute atomic E-state index is 0.102. The van der Waals surface area contributed by atoms with Crippen molar-refractivity contribution in [1.29, 1.82) is 0 Å². The van der Waals surface area contributed by atoms with Crippen LogP contribution < -0.4 is 10.2 Å². The fourth-order valence-electron chi connectivity index (χ4n) is 4.06. The quantitative estimate of drug-likeness (QED) is 0.725. The highest BCUT2D eigenvalue weighted by molar-refractivity contribution is 5.94. The first-order chi connectivity index (χ1) is 15.1. The number of nitrogens with zero attached hydrogens (tertiary/aromatic N) is 2. The van der Waals surface area contributed by atoms with Crippen LogP contribution in [0.2, 0.25) is 0 Å². The molecule has 0 spiro atoms. The van der Waals surface area contributed by atoms with Crippen LogP contribution in [-0.4, -0.2) is 56.1 Å². The first-order valence-electron chi connectivity index (χ1n) is 11.0. The summed E-state index contributed by atoms with van der Waals surface area (Å²) in [5.41, 5.74) is 5.07. The maximum Gasteiger partial charge on any atom is 0.338 e. The molecule has 1 saturated heterocycles. The molecule has 2 heterocycles. The zero-order chi connectivity index (χ0) is 21.6. The number of amides is 1. The van der Waals surface area contributed by atoms with Crippen LogP contribution in [0.5, 0.6) is 0 Å². The lowest BCUT2D eigenvalue weighted by atomic mass is 10.0. The fourth-order valence-corrected chi connectivity index (χ4v) is 4.06. The number of anilines is 2. The van der Waals surface area contributed by atoms with E-state index in [1.165, 1.54) is 11.1 Å². The number of ether oxygens (including phenoxy) is 1. The zero-order valence-corrected chi connectivity index (χ0v) is 18.0. The number of piperazine rings is 1. The van der Waals surface area contributed by atoms with Crippen molar-refractivity contribution >= 4 is 29.3 Å². The summed E-state index contributed by atoms with van der Waals surface area (Å²) in [7, 11) is 0. The molecule has 162 valence electrons. The molecule has 6 nitrogen and oxygen atoms in total. The third-order valence-electron chi connectivity index (χ3n) is 5.81. The Morgan fingerprint density at radius 3 is 2.58 bits per heavy atom. The van der Waals surface area contributed by atoms with E-state index >= 15 is 0 Å². The number of esters is 1. The number of rotatable bonds is 6. The zero-order valence-electron chi connectivity index (χ0n) is 18.0. The van der Waals surface area contributed by atoms with E-state index in [9.17, 15) is 9.59 Å². The van der Waals surface area contributed by atoms with Gasteiger partial charge < -0.3 is 15.0 Å². The van der Waals surface area contributed by atoms with Crippen molar-refractivity contribution in [3.63, 3.8) is 0 Å². The van der Waals surface area contributed by atoms with Crippen molar-refractivity contribution in [1.82, 2.24) is 4.90 Å². The summed E-state index contributed by atoms with van der Waals surface area (Å²) in [4.78, 5) is 28.1. The van der Waals surface area contributed by atoms with Crippen molar-refractivity contribution in [2.24, 2.45) is 0 Å². The summed E-state index contributed by atoms with van der Waals surface area (Å²) >= 11 is 0. The Balaban J connectivity index is 1.26. The second kappa shape index (κ2) is 9.79. The van der Waals surface area contributed by atoms with Crippen LogP contribution in [0, 0.1) is 0 Å². The van der Waals surface area contributed by atoms with Crippen molar-refractivity contribution in [2.75, 3.05) is 49.5 Å². The molecular formula is C25H29N3O3. The standard InChI is InChI=1S/C25H29N3O3/c1-2-31-25(30)20-6-9-22(10-7-20)28-16-14-27(15-17-28)13-3-4-19-5-11-23-21(18-19)8-12-24(29)26-23/h3-7,9-11,18H,2,8,12-17H2,1H3,(H,26,29). The highest BCUT2D eigenvalue weighted by atomic mass is 16.5. The Labute approximate surface area is 183 Å². The Morgan fingerprint density at radius 1 is 1.06 bits per heavy atom. The molecule has 0 aromatic heterocycles. The Kier molecular flexibility index (Phi) is 6.67. The van der Waals surface area contributed by atoms with Gasteiger partial charge in [0.15, 0.2) is 0 Å². The second-order valence-electron chi connectivity index (χ2n) is 7.92. The van der Waals surface area contributed by atoms with Gasteiger partial charge in [-0.3, -0.25) is 9.69 Å². The lowest BCUT2D eigenvalue weighted by molar-refractivity contribution is -0.116. The van der Waals surface area contributed by atoms with Gasteiger partial charge in [-0.15, -0.1) is 0 Å². The summed E-state index contributed by atoms with van der Waals surface area (Å²) in [6, 6.07) is 13.9. The van der Waals surface area contributed by atoms with Crippen molar-refractivity contribution in [3.8, 4) is 0 Å². The fraction of sp³-hybridized carbons (Fsp3) is 0.360. The average Bonchev–Trinajstić information content (AvgIpc) is 2.80. The van der Waals surface area contributed by atoms with E-state index in [0.29, 0.717) is 18.6 Å². The second-order valence-corrected chi connectivity index (χ2v) is 7.92. The van der Waals surface area contributed by atoms with Crippen molar-refractivity contribution in [2.45, 2.75) is 19.8 Å². The Hall–Kier alpha value is -3.12. The number of hydrogen-bond acceptors (Lipinski definition) is 5. The first-order valence-corrected chi connectivity index (χ1v) is 11.0. The van der Waals surface area contributed by atoms with Gasteiger partial charge in [-0.25, -0.2) is 4.79 Å². The maximum atomic E-state index is 11.8. The van der Waals surface area contributed by atoms with Gasteiger partial charge in [0.1, 0.15) is 0 Å². The van der Waals surface area contributed by atoms with Gasteiger partial charge >= 0.3 is 5.97 Å². The number of benzene rings is 2. The highest BCUT2D eigenvalue weighted by Crippen LogP contribution is 2.24. The van der Waals surface area contributed by atoms with Crippen LogP contribution in [0.15, 0.2) is 48.5 Å². The number of carbonyl (C=O) groups is 2. The molecule has 1 fully saturated rings. The monoisotopic (exact) mass is 419 g/mol. The van der Waals surface area contributed by atoms with E-state index in [0.717, 1.165) is 50.5 Å². The van der Waals surface area contributed by atoms with Gasteiger partial charge in [0.25, 0.3) is 0 Å². The van der Waals surface area contributed by atoms with Crippen LogP contribution >= 0.6 is 0 Å². The van der Waals surface area contributed by atoms with Crippen molar-refractivity contribution in [3.05, 3.63) is 65.2 Å². The largest absolute Gasteiger partial charge is 0.462 e. The minimum atomic E-state index is -0.269. The smallest absolute Gasteiger partial charge is 0.338 e. The third-order valence-corrected chi connectivity index (χ3v) is 5.81. The van der Waals surface area contributed by atoms with E-state index in [1.54, 1.807) is 0 Å². The molecule has 31 heavy (non-hydrogen) atoms. The average molecular weight is 420 g/mol. The first kappa shape index (κ1) is 21.1. The summed E-state index contributed by atoms with van der Waals surface area (Å²) in [6.45, 7) is 7.05. The molecule has 0 saturated carbocycles. The Bertz CT molecular complexity index is 960. The molecule has 0 bridgehead atoms. The van der Waals surface area contributed by atoms with Crippen LogP contribution in [0.25, 0.3) is 6.08 Å². The van der Waals surface area contributed by atoms with E-state index in [4.69, 9.17) is 4.74 Å². The maximum absolute atomic E-state index is 11.8. The van der Waals surface area contributed by atoms with E-state index in [-0.39, 0.29) is 11.9 Å². The molecule has 1 amide bonds. The molecule has 0 radical (unpaired) electrons. The molecule has 0 atom stereocenters. The molecular weight excluding hydrogens is 390 g/mol. The molecule has 1 N–H and O–H groups in total. The molecule has 2 aromatic carbocycles. The van der Waals surface area contributed by atoms with Gasteiger partial charge in [0.05, 0.1) is 12.2 Å². The number of carbonyl (C=O) groups excluding carboxylic acids is 2.